The van der Waals surface area contributed by atoms with Crippen LogP contribution in [0.3, 0.4) is 0 Å². The molecule has 1 amide bonds. The van der Waals surface area contributed by atoms with Crippen molar-refractivity contribution in [3.8, 4) is 11.6 Å². The van der Waals surface area contributed by atoms with Crippen molar-refractivity contribution < 1.29 is 4.79 Å². The number of aromatic nitrogens is 6. The van der Waals surface area contributed by atoms with Crippen molar-refractivity contribution in [3.05, 3.63) is 92.5 Å². The van der Waals surface area contributed by atoms with Gasteiger partial charge in [0, 0.05) is 21.7 Å². The minimum atomic E-state index is -0.399. The second-order valence-corrected chi connectivity index (χ2v) is 8.08. The number of aromatic amines is 1. The van der Waals surface area contributed by atoms with E-state index in [-0.39, 0.29) is 11.9 Å². The number of nitrogens with one attached hydrogen (secondary N) is 2. The lowest BCUT2D eigenvalue weighted by atomic mass is 10.2. The Morgan fingerprint density at radius 1 is 1.03 bits per heavy atom. The number of rotatable bonds is 4. The summed E-state index contributed by atoms with van der Waals surface area (Å²) in [4.78, 5) is 32.8. The highest BCUT2D eigenvalue weighted by atomic mass is 35.5. The summed E-state index contributed by atoms with van der Waals surface area (Å²) in [7, 11) is 0. The molecule has 0 saturated carbocycles. The average molecular weight is 480 g/mol. The van der Waals surface area contributed by atoms with Crippen molar-refractivity contribution in [2.75, 3.05) is 5.32 Å². The van der Waals surface area contributed by atoms with Gasteiger partial charge in [0.15, 0.2) is 5.65 Å². The number of benzene rings is 2. The van der Waals surface area contributed by atoms with Crippen LogP contribution in [0.1, 0.15) is 16.1 Å². The number of anilines is 1. The number of hydrogen-bond donors (Lipinski definition) is 2. The molecule has 9 nitrogen and oxygen atoms in total. The molecule has 2 aromatic carbocycles. The molecular formula is C22H15Cl2N7O2. The Balaban J connectivity index is 1.59. The van der Waals surface area contributed by atoms with Gasteiger partial charge in [-0.05, 0) is 43.3 Å². The van der Waals surface area contributed by atoms with Crippen molar-refractivity contribution >= 4 is 46.0 Å². The Labute approximate surface area is 196 Å². The first-order chi connectivity index (χ1) is 15.9. The fourth-order valence-electron chi connectivity index (χ4n) is 3.37. The summed E-state index contributed by atoms with van der Waals surface area (Å²) in [5, 5.41) is 12.7. The second-order valence-electron chi connectivity index (χ2n) is 7.21. The van der Waals surface area contributed by atoms with Crippen LogP contribution >= 0.6 is 23.2 Å². The topological polar surface area (TPSA) is 110 Å². The van der Waals surface area contributed by atoms with E-state index in [9.17, 15) is 9.59 Å². The van der Waals surface area contributed by atoms with E-state index in [2.05, 4.69) is 25.5 Å². The predicted octanol–water partition coefficient (Wildman–Crippen LogP) is 4.16. The number of nitrogens with zero attached hydrogens (tertiary/aromatic N) is 5. The molecule has 0 atom stereocenters. The molecule has 0 fully saturated rings. The third-order valence-electron chi connectivity index (χ3n) is 4.84. The lowest BCUT2D eigenvalue weighted by molar-refractivity contribution is 0.102. The van der Waals surface area contributed by atoms with E-state index in [0.29, 0.717) is 43.8 Å². The maximum absolute atomic E-state index is 12.8. The summed E-state index contributed by atoms with van der Waals surface area (Å²) in [6.45, 7) is 1.76. The smallest absolute Gasteiger partial charge is 0.263 e. The van der Waals surface area contributed by atoms with E-state index in [1.807, 2.05) is 0 Å². The van der Waals surface area contributed by atoms with E-state index in [0.717, 1.165) is 0 Å². The van der Waals surface area contributed by atoms with Crippen molar-refractivity contribution in [3.63, 3.8) is 0 Å². The lowest BCUT2D eigenvalue weighted by Crippen LogP contribution is -2.19. The Kier molecular flexibility index (Phi) is 5.20. The number of fused-ring (bicyclic) bond motifs is 1. The molecule has 0 aliphatic rings. The molecule has 164 valence electrons. The molecule has 0 saturated heterocycles. The van der Waals surface area contributed by atoms with Crippen LogP contribution in [0.2, 0.25) is 10.0 Å². The maximum Gasteiger partial charge on any atom is 0.263 e. The highest BCUT2D eigenvalue weighted by molar-refractivity contribution is 6.31. The van der Waals surface area contributed by atoms with Crippen LogP contribution in [-0.4, -0.2) is 35.4 Å². The fraction of sp³-hybridized carbons (Fsp3) is 0.0455. The molecule has 33 heavy (non-hydrogen) atoms. The number of carbonyl (C=O) groups is 1. The van der Waals surface area contributed by atoms with Crippen LogP contribution in [0.4, 0.5) is 5.82 Å². The Morgan fingerprint density at radius 2 is 1.79 bits per heavy atom. The molecule has 5 rings (SSSR count). The minimum absolute atomic E-state index is 0.116. The number of halogens is 2. The monoisotopic (exact) mass is 479 g/mol. The zero-order chi connectivity index (χ0) is 23.1. The van der Waals surface area contributed by atoms with Crippen molar-refractivity contribution in [1.29, 1.82) is 0 Å². The van der Waals surface area contributed by atoms with Gasteiger partial charge in [0.2, 0.25) is 5.95 Å². The van der Waals surface area contributed by atoms with Gasteiger partial charge < -0.3 is 5.32 Å². The van der Waals surface area contributed by atoms with Crippen LogP contribution in [-0.2, 0) is 0 Å². The molecular weight excluding hydrogens is 465 g/mol. The van der Waals surface area contributed by atoms with Gasteiger partial charge in [0.25, 0.3) is 11.5 Å². The molecule has 0 bridgehead atoms. The summed E-state index contributed by atoms with van der Waals surface area (Å²) in [5.41, 5.74) is 1.55. The van der Waals surface area contributed by atoms with E-state index < -0.39 is 5.56 Å². The van der Waals surface area contributed by atoms with Crippen molar-refractivity contribution in [1.82, 2.24) is 29.5 Å². The van der Waals surface area contributed by atoms with Gasteiger partial charge in [-0.1, -0.05) is 35.3 Å². The molecule has 3 aromatic heterocycles. The Morgan fingerprint density at radius 3 is 2.55 bits per heavy atom. The highest BCUT2D eigenvalue weighted by Gasteiger charge is 2.17. The van der Waals surface area contributed by atoms with Gasteiger partial charge in [-0.2, -0.15) is 19.9 Å². The van der Waals surface area contributed by atoms with Gasteiger partial charge in [0.05, 0.1) is 17.6 Å². The molecule has 0 radical (unpaired) electrons. The molecule has 2 N–H and O–H groups in total. The zero-order valence-corrected chi connectivity index (χ0v) is 18.6. The number of aryl methyl sites for hydroxylation is 1. The van der Waals surface area contributed by atoms with Gasteiger partial charge in [0.1, 0.15) is 11.2 Å². The van der Waals surface area contributed by atoms with Crippen LogP contribution in [0, 0.1) is 6.92 Å². The standard InChI is InChI=1S/C22H15Cl2N7O2/c1-12-8-18(26-20(32)13-4-2-5-14(23)9-13)31(29-12)22-27-19-17(21(33)28-22)11-25-30(19)16-7-3-6-15(24)10-16/h2-11H,1H3,(H,26,32)(H,27,28,33). The van der Waals surface area contributed by atoms with E-state index >= 15 is 0 Å². The van der Waals surface area contributed by atoms with Crippen LogP contribution in [0.15, 0.2) is 65.6 Å². The fourth-order valence-corrected chi connectivity index (χ4v) is 3.75. The zero-order valence-electron chi connectivity index (χ0n) is 17.1. The largest absolute Gasteiger partial charge is 0.306 e. The summed E-state index contributed by atoms with van der Waals surface area (Å²) in [6, 6.07) is 15.3. The number of H-pyrrole nitrogens is 1. The molecule has 3 heterocycles. The summed E-state index contributed by atoms with van der Waals surface area (Å²) in [5.74, 6) is 0.0608. The molecule has 0 spiro atoms. The van der Waals surface area contributed by atoms with E-state index in [1.165, 1.54) is 15.6 Å². The molecule has 0 aliphatic heterocycles. The minimum Gasteiger partial charge on any atom is -0.306 e. The Bertz CT molecular complexity index is 1590. The van der Waals surface area contributed by atoms with E-state index in [1.54, 1.807) is 61.5 Å². The summed E-state index contributed by atoms with van der Waals surface area (Å²) < 4.78 is 2.87. The third kappa shape index (κ3) is 3.99. The number of amides is 1. The molecule has 0 aliphatic carbocycles. The van der Waals surface area contributed by atoms with Crippen LogP contribution in [0.25, 0.3) is 22.7 Å². The normalized spacial score (nSPS) is 11.1. The van der Waals surface area contributed by atoms with E-state index in [4.69, 9.17) is 23.2 Å². The van der Waals surface area contributed by atoms with Crippen molar-refractivity contribution in [2.24, 2.45) is 0 Å². The highest BCUT2D eigenvalue weighted by Crippen LogP contribution is 2.20. The molecule has 0 unspecified atom stereocenters. The van der Waals surface area contributed by atoms with Gasteiger partial charge in [-0.3, -0.25) is 14.6 Å². The molecule has 11 heteroatoms. The average Bonchev–Trinajstić information content (AvgIpc) is 3.37. The first kappa shape index (κ1) is 20.9. The summed E-state index contributed by atoms with van der Waals surface area (Å²) >= 11 is 12.1. The Hall–Kier alpha value is -3.95. The number of carbonyl (C=O) groups excluding carboxylic acids is 1. The quantitative estimate of drug-likeness (QED) is 0.401. The molecule has 5 aromatic rings. The van der Waals surface area contributed by atoms with Gasteiger partial charge in [-0.25, -0.2) is 4.68 Å². The van der Waals surface area contributed by atoms with Crippen molar-refractivity contribution in [2.45, 2.75) is 6.92 Å². The SMILES string of the molecule is Cc1cc(NC(=O)c2cccc(Cl)c2)n(-c2nc3c(cnn3-c3cccc(Cl)c3)c(=O)[nH]2)n1. The van der Waals surface area contributed by atoms with Crippen LogP contribution < -0.4 is 10.9 Å². The predicted molar refractivity (Wildman–Crippen MR) is 126 cm³/mol. The first-order valence-electron chi connectivity index (χ1n) is 9.77. The van der Waals surface area contributed by atoms with Gasteiger partial charge >= 0.3 is 0 Å². The maximum atomic E-state index is 12.8. The lowest BCUT2D eigenvalue weighted by Gasteiger charge is -2.09. The third-order valence-corrected chi connectivity index (χ3v) is 5.31. The van der Waals surface area contributed by atoms with Gasteiger partial charge in [-0.15, -0.1) is 0 Å². The van der Waals surface area contributed by atoms with Crippen LogP contribution in [0.5, 0.6) is 0 Å². The second kappa shape index (κ2) is 8.19. The summed E-state index contributed by atoms with van der Waals surface area (Å²) in [6.07, 6.45) is 1.43. The number of hydrogen-bond acceptors (Lipinski definition) is 5. The first-order valence-corrected chi connectivity index (χ1v) is 10.5.